The average molecular weight is 619 g/mol. The van der Waals surface area contributed by atoms with Crippen molar-refractivity contribution in [2.24, 2.45) is 11.7 Å². The van der Waals surface area contributed by atoms with Gasteiger partial charge in [0.05, 0.1) is 30.6 Å². The van der Waals surface area contributed by atoms with Crippen LogP contribution >= 0.6 is 0 Å². The standard InChI is InChI=1S/C34H46N6O5/c1-22(2)17-18-40(33(45)39-34(3,4)5)21-29(41)27(19-23-11-7-6-8-12-23)37-32(44)28(20-30(35)42)38-31(43)26-16-15-24-13-9-10-14-25(24)36-26/h6-16,22,27-29,41H,17-21H2,1-5H3,(H2,35,42)(H,37,44)(H,38,43)(H,39,45)/t27-,28?,29+/m0/s1. The minimum atomic E-state index is -1.32. The van der Waals surface area contributed by atoms with E-state index in [2.05, 4.69) is 34.8 Å². The van der Waals surface area contributed by atoms with Gasteiger partial charge in [0.2, 0.25) is 11.8 Å². The first kappa shape index (κ1) is 35.0. The molecule has 11 nitrogen and oxygen atoms in total. The van der Waals surface area contributed by atoms with Crippen molar-refractivity contribution in [3.63, 3.8) is 0 Å². The number of carbonyl (C=O) groups is 4. The minimum absolute atomic E-state index is 0.0553. The number of primary amides is 1. The van der Waals surface area contributed by atoms with Crippen molar-refractivity contribution in [3.8, 4) is 0 Å². The minimum Gasteiger partial charge on any atom is -0.389 e. The van der Waals surface area contributed by atoms with Crippen LogP contribution in [-0.2, 0) is 16.0 Å². The fraction of sp³-hybridized carbons (Fsp3) is 0.441. The van der Waals surface area contributed by atoms with Gasteiger partial charge in [-0.1, -0.05) is 68.4 Å². The predicted molar refractivity (Wildman–Crippen MR) is 174 cm³/mol. The summed E-state index contributed by atoms with van der Waals surface area (Å²) >= 11 is 0. The van der Waals surface area contributed by atoms with Crippen molar-refractivity contribution < 1.29 is 24.3 Å². The van der Waals surface area contributed by atoms with E-state index in [0.717, 1.165) is 17.4 Å². The van der Waals surface area contributed by atoms with E-state index in [0.29, 0.717) is 18.0 Å². The summed E-state index contributed by atoms with van der Waals surface area (Å²) in [7, 11) is 0. The SMILES string of the molecule is CC(C)CCN(C[C@@H](O)[C@H](Cc1ccccc1)NC(=O)C(CC(N)=O)NC(=O)c1ccc2ccccc2n1)C(=O)NC(C)(C)C. The van der Waals surface area contributed by atoms with E-state index in [1.54, 1.807) is 23.1 Å². The normalized spacial score (nSPS) is 13.5. The van der Waals surface area contributed by atoms with Crippen LogP contribution in [0.2, 0.25) is 0 Å². The highest BCUT2D eigenvalue weighted by atomic mass is 16.3. The fourth-order valence-electron chi connectivity index (χ4n) is 4.71. The number of nitrogens with zero attached hydrogens (tertiary/aromatic N) is 2. The Morgan fingerprint density at radius 3 is 2.24 bits per heavy atom. The zero-order valence-electron chi connectivity index (χ0n) is 26.7. The van der Waals surface area contributed by atoms with Crippen LogP contribution in [0, 0.1) is 5.92 Å². The Labute approximate surface area is 265 Å². The molecule has 0 aliphatic rings. The molecule has 3 rings (SSSR count). The number of carbonyl (C=O) groups excluding carboxylic acids is 4. The molecule has 1 unspecified atom stereocenters. The highest BCUT2D eigenvalue weighted by molar-refractivity contribution is 5.99. The molecular weight excluding hydrogens is 572 g/mol. The van der Waals surface area contributed by atoms with Crippen molar-refractivity contribution in [1.82, 2.24) is 25.8 Å². The number of aliphatic hydroxyl groups is 1. The molecule has 1 aromatic heterocycles. The molecule has 0 radical (unpaired) electrons. The quantitative estimate of drug-likeness (QED) is 0.186. The maximum absolute atomic E-state index is 13.6. The highest BCUT2D eigenvalue weighted by Crippen LogP contribution is 2.14. The first-order chi connectivity index (χ1) is 21.2. The summed E-state index contributed by atoms with van der Waals surface area (Å²) in [5, 5.41) is 20.7. The van der Waals surface area contributed by atoms with E-state index in [1.807, 2.05) is 63.2 Å². The molecule has 45 heavy (non-hydrogen) atoms. The van der Waals surface area contributed by atoms with Crippen LogP contribution in [0.1, 0.15) is 63.5 Å². The number of rotatable bonds is 14. The van der Waals surface area contributed by atoms with Gasteiger partial charge in [-0.2, -0.15) is 0 Å². The lowest BCUT2D eigenvalue weighted by Crippen LogP contribution is -2.57. The van der Waals surface area contributed by atoms with Crippen LogP contribution in [0.5, 0.6) is 0 Å². The Hall–Kier alpha value is -4.51. The largest absolute Gasteiger partial charge is 0.389 e. The molecule has 0 saturated heterocycles. The number of urea groups is 1. The number of para-hydroxylation sites is 1. The lowest BCUT2D eigenvalue weighted by molar-refractivity contribution is -0.128. The number of pyridine rings is 1. The van der Waals surface area contributed by atoms with Crippen LogP contribution in [0.4, 0.5) is 4.79 Å². The number of fused-ring (bicyclic) bond motifs is 1. The van der Waals surface area contributed by atoms with Gasteiger partial charge in [-0.25, -0.2) is 9.78 Å². The van der Waals surface area contributed by atoms with Crippen LogP contribution in [0.15, 0.2) is 66.7 Å². The Kier molecular flexibility index (Phi) is 12.4. The summed E-state index contributed by atoms with van der Waals surface area (Å²) in [6.45, 7) is 10.1. The van der Waals surface area contributed by atoms with Crippen LogP contribution in [-0.4, -0.2) is 75.6 Å². The van der Waals surface area contributed by atoms with Crippen molar-refractivity contribution in [2.45, 2.75) is 77.6 Å². The molecule has 0 saturated carbocycles. The average Bonchev–Trinajstić information content (AvgIpc) is 2.97. The molecule has 3 aromatic rings. The van der Waals surface area contributed by atoms with E-state index in [4.69, 9.17) is 5.73 Å². The summed E-state index contributed by atoms with van der Waals surface area (Å²) in [4.78, 5) is 57.8. The van der Waals surface area contributed by atoms with Crippen molar-refractivity contribution in [2.75, 3.05) is 13.1 Å². The number of hydrogen-bond acceptors (Lipinski definition) is 6. The van der Waals surface area contributed by atoms with Gasteiger partial charge < -0.3 is 31.7 Å². The summed E-state index contributed by atoms with van der Waals surface area (Å²) in [6.07, 6.45) is -0.696. The molecule has 3 atom stereocenters. The molecule has 0 aliphatic carbocycles. The first-order valence-corrected chi connectivity index (χ1v) is 15.3. The molecule has 0 spiro atoms. The number of nitrogens with two attached hydrogens (primary N) is 1. The van der Waals surface area contributed by atoms with Gasteiger partial charge in [-0.3, -0.25) is 14.4 Å². The molecule has 0 aliphatic heterocycles. The third-order valence-electron chi connectivity index (χ3n) is 7.10. The second kappa shape index (κ2) is 16.0. The van der Waals surface area contributed by atoms with Gasteiger partial charge >= 0.3 is 6.03 Å². The molecule has 11 heteroatoms. The Balaban J connectivity index is 1.83. The van der Waals surface area contributed by atoms with Gasteiger partial charge in [-0.15, -0.1) is 0 Å². The Morgan fingerprint density at radius 2 is 1.60 bits per heavy atom. The molecule has 242 valence electrons. The number of aromatic nitrogens is 1. The van der Waals surface area contributed by atoms with Crippen LogP contribution in [0.25, 0.3) is 10.9 Å². The monoisotopic (exact) mass is 618 g/mol. The topological polar surface area (TPSA) is 167 Å². The fourth-order valence-corrected chi connectivity index (χ4v) is 4.71. The third-order valence-corrected chi connectivity index (χ3v) is 7.10. The number of hydrogen-bond donors (Lipinski definition) is 5. The molecule has 1 heterocycles. The third kappa shape index (κ3) is 11.5. The number of amides is 5. The summed E-state index contributed by atoms with van der Waals surface area (Å²) in [5.74, 6) is -1.82. The molecular formula is C34H46N6O5. The first-order valence-electron chi connectivity index (χ1n) is 15.3. The van der Waals surface area contributed by atoms with Crippen molar-refractivity contribution >= 4 is 34.7 Å². The van der Waals surface area contributed by atoms with Gasteiger partial charge in [0.1, 0.15) is 11.7 Å². The number of aliphatic hydroxyl groups excluding tert-OH is 1. The maximum atomic E-state index is 13.6. The summed E-state index contributed by atoms with van der Waals surface area (Å²) < 4.78 is 0. The molecule has 2 aromatic carbocycles. The summed E-state index contributed by atoms with van der Waals surface area (Å²) in [6, 6.07) is 17.3. The predicted octanol–water partition coefficient (Wildman–Crippen LogP) is 3.15. The van der Waals surface area contributed by atoms with Crippen molar-refractivity contribution in [3.05, 3.63) is 78.0 Å². The molecule has 0 fully saturated rings. The van der Waals surface area contributed by atoms with Crippen LogP contribution < -0.4 is 21.7 Å². The van der Waals surface area contributed by atoms with E-state index in [1.165, 1.54) is 6.07 Å². The second-order valence-corrected chi connectivity index (χ2v) is 12.8. The van der Waals surface area contributed by atoms with E-state index >= 15 is 0 Å². The Bertz CT molecular complexity index is 1460. The van der Waals surface area contributed by atoms with E-state index in [9.17, 15) is 24.3 Å². The Morgan fingerprint density at radius 1 is 0.933 bits per heavy atom. The molecule has 0 bridgehead atoms. The summed E-state index contributed by atoms with van der Waals surface area (Å²) in [5.41, 5.74) is 6.48. The van der Waals surface area contributed by atoms with Gasteiger partial charge in [0.25, 0.3) is 5.91 Å². The van der Waals surface area contributed by atoms with Gasteiger partial charge in [0.15, 0.2) is 0 Å². The number of benzene rings is 2. The molecule has 5 amide bonds. The van der Waals surface area contributed by atoms with Crippen LogP contribution in [0.3, 0.4) is 0 Å². The zero-order chi connectivity index (χ0) is 33.1. The van der Waals surface area contributed by atoms with E-state index < -0.39 is 47.9 Å². The zero-order valence-corrected chi connectivity index (χ0v) is 26.7. The van der Waals surface area contributed by atoms with E-state index in [-0.39, 0.29) is 24.7 Å². The van der Waals surface area contributed by atoms with Gasteiger partial charge in [-0.05, 0) is 57.2 Å². The smallest absolute Gasteiger partial charge is 0.317 e. The number of nitrogens with one attached hydrogen (secondary N) is 3. The lowest BCUT2D eigenvalue weighted by atomic mass is 9.99. The van der Waals surface area contributed by atoms with Gasteiger partial charge in [0, 0.05) is 17.5 Å². The maximum Gasteiger partial charge on any atom is 0.317 e. The highest BCUT2D eigenvalue weighted by Gasteiger charge is 2.31. The lowest BCUT2D eigenvalue weighted by Gasteiger charge is -2.33. The second-order valence-electron chi connectivity index (χ2n) is 12.8. The van der Waals surface area contributed by atoms with Crippen molar-refractivity contribution in [1.29, 1.82) is 0 Å². The molecule has 6 N–H and O–H groups in total.